The maximum Gasteiger partial charge on any atom is 0.410 e. The normalized spacial score (nSPS) is 23.7. The second-order valence-electron chi connectivity index (χ2n) is 5.74. The van der Waals surface area contributed by atoms with Gasteiger partial charge >= 0.3 is 12.1 Å². The Morgan fingerprint density at radius 3 is 2.47 bits per heavy atom. The number of esters is 1. The molecule has 19 heavy (non-hydrogen) atoms. The van der Waals surface area contributed by atoms with Crippen LogP contribution in [0.1, 0.15) is 27.7 Å². The average Bonchev–Trinajstić information content (AvgIpc) is 2.29. The van der Waals surface area contributed by atoms with E-state index in [9.17, 15) is 14.0 Å². The van der Waals surface area contributed by atoms with Crippen LogP contribution in [0.15, 0.2) is 11.9 Å². The molecule has 0 spiro atoms. The first-order valence-corrected chi connectivity index (χ1v) is 6.02. The van der Waals surface area contributed by atoms with Crippen LogP contribution in [0.4, 0.5) is 9.18 Å². The number of hydrogen-bond acceptors (Lipinski definition) is 4. The highest BCUT2D eigenvalue weighted by Gasteiger charge is 2.45. The third kappa shape index (κ3) is 3.45. The number of rotatable bonds is 1. The summed E-state index contributed by atoms with van der Waals surface area (Å²) in [5.41, 5.74) is -2.11. The zero-order chi connectivity index (χ0) is 14.8. The molecule has 1 aliphatic rings. The lowest BCUT2D eigenvalue weighted by Gasteiger charge is -2.36. The van der Waals surface area contributed by atoms with Crippen molar-refractivity contribution in [2.24, 2.45) is 5.41 Å². The minimum atomic E-state index is -1.47. The van der Waals surface area contributed by atoms with E-state index < -0.39 is 28.9 Å². The Kier molecular flexibility index (Phi) is 4.22. The Hall–Kier alpha value is -1.59. The Labute approximate surface area is 112 Å². The average molecular weight is 273 g/mol. The fourth-order valence-corrected chi connectivity index (χ4v) is 1.79. The van der Waals surface area contributed by atoms with Crippen LogP contribution in [0, 0.1) is 5.41 Å². The molecule has 108 valence electrons. The SMILES string of the molecule is COC(=O)[C@]1(C)CN(C(=O)OC(C)(C)C)CC=C1F. The molecule has 0 fully saturated rings. The van der Waals surface area contributed by atoms with Crippen LogP contribution in [-0.2, 0) is 14.3 Å². The fourth-order valence-electron chi connectivity index (χ4n) is 1.79. The number of carbonyl (C=O) groups is 2. The molecule has 0 aromatic carbocycles. The predicted molar refractivity (Wildman–Crippen MR) is 67.1 cm³/mol. The lowest BCUT2D eigenvalue weighted by atomic mass is 9.86. The van der Waals surface area contributed by atoms with Gasteiger partial charge in [-0.25, -0.2) is 9.18 Å². The molecule has 0 unspecified atom stereocenters. The van der Waals surface area contributed by atoms with Crippen molar-refractivity contribution < 1.29 is 23.5 Å². The van der Waals surface area contributed by atoms with Gasteiger partial charge in [0.25, 0.3) is 0 Å². The summed E-state index contributed by atoms with van der Waals surface area (Å²) in [6.45, 7) is 6.60. The highest BCUT2D eigenvalue weighted by molar-refractivity contribution is 5.81. The van der Waals surface area contributed by atoms with Gasteiger partial charge in [-0.05, 0) is 33.8 Å². The fraction of sp³-hybridized carbons (Fsp3) is 0.692. The van der Waals surface area contributed by atoms with Crippen molar-refractivity contribution in [3.8, 4) is 0 Å². The van der Waals surface area contributed by atoms with E-state index in [1.807, 2.05) is 0 Å². The quantitative estimate of drug-likeness (QED) is 0.688. The van der Waals surface area contributed by atoms with E-state index in [-0.39, 0.29) is 13.1 Å². The molecular formula is C13H20FNO4. The van der Waals surface area contributed by atoms with Gasteiger partial charge in [0, 0.05) is 13.1 Å². The number of amides is 1. The second kappa shape index (κ2) is 5.19. The van der Waals surface area contributed by atoms with Crippen LogP contribution in [0.3, 0.4) is 0 Å². The van der Waals surface area contributed by atoms with Gasteiger partial charge in [-0.1, -0.05) is 0 Å². The summed E-state index contributed by atoms with van der Waals surface area (Å²) in [4.78, 5) is 24.9. The lowest BCUT2D eigenvalue weighted by Crippen LogP contribution is -2.49. The minimum Gasteiger partial charge on any atom is -0.468 e. The summed E-state index contributed by atoms with van der Waals surface area (Å²) in [5.74, 6) is -1.30. The summed E-state index contributed by atoms with van der Waals surface area (Å²) < 4.78 is 23.6. The van der Waals surface area contributed by atoms with Crippen LogP contribution in [-0.4, -0.2) is 42.8 Å². The Morgan fingerprint density at radius 2 is 2.00 bits per heavy atom. The van der Waals surface area contributed by atoms with Crippen LogP contribution in [0.25, 0.3) is 0 Å². The highest BCUT2D eigenvalue weighted by Crippen LogP contribution is 2.34. The van der Waals surface area contributed by atoms with E-state index >= 15 is 0 Å². The van der Waals surface area contributed by atoms with E-state index in [0.717, 1.165) is 0 Å². The van der Waals surface area contributed by atoms with Gasteiger partial charge in [-0.3, -0.25) is 4.79 Å². The molecule has 0 aliphatic carbocycles. The van der Waals surface area contributed by atoms with Crippen molar-refractivity contribution in [2.75, 3.05) is 20.2 Å². The first kappa shape index (κ1) is 15.5. The summed E-state index contributed by atoms with van der Waals surface area (Å²) in [6, 6.07) is 0. The first-order valence-electron chi connectivity index (χ1n) is 6.02. The maximum atomic E-state index is 13.8. The lowest BCUT2D eigenvalue weighted by molar-refractivity contribution is -0.151. The number of hydrogen-bond donors (Lipinski definition) is 0. The van der Waals surface area contributed by atoms with Crippen LogP contribution >= 0.6 is 0 Å². The standard InChI is InChI=1S/C13H20FNO4/c1-12(2,3)19-11(17)15-7-6-9(14)13(4,8-15)10(16)18-5/h6H,7-8H2,1-5H3/t13-/m1/s1. The smallest absolute Gasteiger partial charge is 0.410 e. The molecule has 1 amide bonds. The predicted octanol–water partition coefficient (Wildman–Crippen LogP) is 2.27. The molecule has 0 saturated heterocycles. The summed E-state index contributed by atoms with van der Waals surface area (Å²) in [7, 11) is 1.19. The molecule has 0 N–H and O–H groups in total. The molecule has 0 aromatic heterocycles. The van der Waals surface area contributed by atoms with Crippen molar-refractivity contribution in [1.82, 2.24) is 4.90 Å². The van der Waals surface area contributed by atoms with Crippen LogP contribution in [0.5, 0.6) is 0 Å². The molecule has 1 atom stereocenters. The second-order valence-corrected chi connectivity index (χ2v) is 5.74. The van der Waals surface area contributed by atoms with Gasteiger partial charge < -0.3 is 14.4 Å². The number of ether oxygens (including phenoxy) is 2. The molecule has 0 aromatic rings. The highest BCUT2D eigenvalue weighted by atomic mass is 19.1. The van der Waals surface area contributed by atoms with Crippen molar-refractivity contribution in [2.45, 2.75) is 33.3 Å². The number of methoxy groups -OCH3 is 1. The Balaban J connectivity index is 2.88. The van der Waals surface area contributed by atoms with Gasteiger partial charge in [0.05, 0.1) is 7.11 Å². The number of carbonyl (C=O) groups excluding carboxylic acids is 2. The molecule has 1 aliphatic heterocycles. The molecule has 5 nitrogen and oxygen atoms in total. The molecule has 0 bridgehead atoms. The van der Waals surface area contributed by atoms with Gasteiger partial charge in [-0.15, -0.1) is 0 Å². The Morgan fingerprint density at radius 1 is 1.42 bits per heavy atom. The van der Waals surface area contributed by atoms with Crippen molar-refractivity contribution >= 4 is 12.1 Å². The molecule has 0 saturated carbocycles. The summed E-state index contributed by atoms with van der Waals surface area (Å²) in [6.07, 6.45) is 0.621. The van der Waals surface area contributed by atoms with E-state index in [2.05, 4.69) is 4.74 Å². The summed E-state index contributed by atoms with van der Waals surface area (Å²) >= 11 is 0. The van der Waals surface area contributed by atoms with Gasteiger partial charge in [0.15, 0.2) is 0 Å². The van der Waals surface area contributed by atoms with Crippen molar-refractivity contribution in [3.63, 3.8) is 0 Å². The first-order chi connectivity index (χ1) is 8.60. The van der Waals surface area contributed by atoms with Crippen LogP contribution in [0.2, 0.25) is 0 Å². The van der Waals surface area contributed by atoms with E-state index in [0.29, 0.717) is 0 Å². The maximum absolute atomic E-state index is 13.8. The van der Waals surface area contributed by atoms with Gasteiger partial charge in [-0.2, -0.15) is 0 Å². The monoisotopic (exact) mass is 273 g/mol. The number of halogens is 1. The van der Waals surface area contributed by atoms with Crippen molar-refractivity contribution in [3.05, 3.63) is 11.9 Å². The van der Waals surface area contributed by atoms with E-state index in [1.165, 1.54) is 25.0 Å². The van der Waals surface area contributed by atoms with Crippen LogP contribution < -0.4 is 0 Å². The molecular weight excluding hydrogens is 253 g/mol. The summed E-state index contributed by atoms with van der Waals surface area (Å²) in [5, 5.41) is 0. The zero-order valence-electron chi connectivity index (χ0n) is 11.9. The van der Waals surface area contributed by atoms with Gasteiger partial charge in [0.2, 0.25) is 0 Å². The minimum absolute atomic E-state index is 0.0767. The van der Waals surface area contributed by atoms with Crippen molar-refractivity contribution in [1.29, 1.82) is 0 Å². The molecule has 1 heterocycles. The van der Waals surface area contributed by atoms with E-state index in [4.69, 9.17) is 4.74 Å². The third-order valence-electron chi connectivity index (χ3n) is 2.81. The number of nitrogens with zero attached hydrogens (tertiary/aromatic N) is 1. The molecule has 0 radical (unpaired) electrons. The molecule has 6 heteroatoms. The topological polar surface area (TPSA) is 55.8 Å². The van der Waals surface area contributed by atoms with E-state index in [1.54, 1.807) is 20.8 Å². The largest absolute Gasteiger partial charge is 0.468 e. The third-order valence-corrected chi connectivity index (χ3v) is 2.81. The zero-order valence-corrected chi connectivity index (χ0v) is 11.9. The van der Waals surface area contributed by atoms with Gasteiger partial charge in [0.1, 0.15) is 16.8 Å². The molecule has 1 rings (SSSR count). The Bertz CT molecular complexity index is 413.